The van der Waals surface area contributed by atoms with Crippen molar-refractivity contribution in [3.63, 3.8) is 0 Å². The van der Waals surface area contributed by atoms with Gasteiger partial charge in [-0.2, -0.15) is 0 Å². The molecule has 2 atom stereocenters. The van der Waals surface area contributed by atoms with E-state index in [-0.39, 0.29) is 22.5 Å². The lowest BCUT2D eigenvalue weighted by Gasteiger charge is -2.18. The summed E-state index contributed by atoms with van der Waals surface area (Å²) in [5.74, 6) is -0.372. The topological polar surface area (TPSA) is 110 Å². The third kappa shape index (κ3) is 4.10. The number of amides is 2. The second kappa shape index (κ2) is 7.31. The zero-order chi connectivity index (χ0) is 16.2. The number of carbonyl (C=O) groups is 2. The summed E-state index contributed by atoms with van der Waals surface area (Å²) in [4.78, 5) is 23.6. The average Bonchev–Trinajstić information content (AvgIpc) is 2.74. The number of rotatable bonds is 7. The van der Waals surface area contributed by atoms with E-state index in [1.807, 2.05) is 6.92 Å². The van der Waals surface area contributed by atoms with E-state index in [1.165, 1.54) is 7.05 Å². The van der Waals surface area contributed by atoms with Crippen LogP contribution >= 0.6 is 11.3 Å². The Hall–Kier alpha value is -1.76. The number of nitrogens with one attached hydrogen (secondary N) is 2. The van der Waals surface area contributed by atoms with Crippen molar-refractivity contribution in [2.24, 2.45) is 11.7 Å². The molecule has 1 aromatic rings. The van der Waals surface area contributed by atoms with Crippen molar-refractivity contribution in [3.8, 4) is 0 Å². The molecule has 2 unspecified atom stereocenters. The lowest BCUT2D eigenvalue weighted by Crippen LogP contribution is -2.23. The standard InChI is InChI=1S/C14H24N4O2S/c1-5-7(2)6-8(3)18-14-9(13(20)17-4)10(15)11(21-14)12(16)19/h7-8,18H,5-6,15H2,1-4H3,(H2,16,19)(H,17,20). The Bertz CT molecular complexity index is 527. The van der Waals surface area contributed by atoms with Crippen LogP contribution in [0.15, 0.2) is 0 Å². The maximum atomic E-state index is 12.0. The summed E-state index contributed by atoms with van der Waals surface area (Å²) < 4.78 is 0. The molecule has 0 fully saturated rings. The van der Waals surface area contributed by atoms with E-state index in [4.69, 9.17) is 11.5 Å². The molecule has 0 spiro atoms. The first-order valence-corrected chi connectivity index (χ1v) is 7.84. The maximum absolute atomic E-state index is 12.0. The molecule has 6 nitrogen and oxygen atoms in total. The van der Waals surface area contributed by atoms with Gasteiger partial charge < -0.3 is 22.1 Å². The van der Waals surface area contributed by atoms with Crippen molar-refractivity contribution >= 4 is 33.8 Å². The van der Waals surface area contributed by atoms with Crippen LogP contribution in [0.25, 0.3) is 0 Å². The lowest BCUT2D eigenvalue weighted by atomic mass is 10.0. The molecule has 7 heteroatoms. The van der Waals surface area contributed by atoms with E-state index in [9.17, 15) is 9.59 Å². The van der Waals surface area contributed by atoms with Gasteiger partial charge in [-0.05, 0) is 19.3 Å². The predicted molar refractivity (Wildman–Crippen MR) is 87.8 cm³/mol. The molecule has 1 aromatic heterocycles. The number of primary amides is 1. The SMILES string of the molecule is CCC(C)CC(C)Nc1sc(C(N)=O)c(N)c1C(=O)NC. The van der Waals surface area contributed by atoms with Gasteiger partial charge in [0.1, 0.15) is 9.88 Å². The smallest absolute Gasteiger partial charge is 0.260 e. The molecule has 21 heavy (non-hydrogen) atoms. The number of hydrogen-bond acceptors (Lipinski definition) is 5. The molecule has 2 amide bonds. The summed E-state index contributed by atoms with van der Waals surface area (Å²) in [6.07, 6.45) is 2.06. The first-order valence-electron chi connectivity index (χ1n) is 7.02. The highest BCUT2D eigenvalue weighted by Crippen LogP contribution is 2.36. The van der Waals surface area contributed by atoms with Crippen LogP contribution in [0.1, 0.15) is 53.6 Å². The van der Waals surface area contributed by atoms with Crippen LogP contribution in [0, 0.1) is 5.92 Å². The summed E-state index contributed by atoms with van der Waals surface area (Å²) in [5, 5.41) is 6.41. The summed E-state index contributed by atoms with van der Waals surface area (Å²) >= 11 is 1.13. The molecule has 0 saturated heterocycles. The number of nitrogens with two attached hydrogens (primary N) is 2. The second-order valence-corrected chi connectivity index (χ2v) is 6.31. The normalized spacial score (nSPS) is 13.5. The largest absolute Gasteiger partial charge is 0.397 e. The van der Waals surface area contributed by atoms with Crippen LogP contribution in [0.4, 0.5) is 10.7 Å². The Balaban J connectivity index is 3.07. The van der Waals surface area contributed by atoms with Crippen LogP contribution in [0.2, 0.25) is 0 Å². The lowest BCUT2D eigenvalue weighted by molar-refractivity contribution is 0.0965. The number of thiophene rings is 1. The van der Waals surface area contributed by atoms with E-state index in [0.29, 0.717) is 16.5 Å². The fourth-order valence-corrected chi connectivity index (χ4v) is 3.21. The van der Waals surface area contributed by atoms with E-state index >= 15 is 0 Å². The van der Waals surface area contributed by atoms with Gasteiger partial charge in [0.05, 0.1) is 11.3 Å². The Kier molecular flexibility index (Phi) is 6.02. The van der Waals surface area contributed by atoms with Gasteiger partial charge in [0.2, 0.25) is 0 Å². The molecule has 0 aliphatic rings. The zero-order valence-electron chi connectivity index (χ0n) is 12.9. The van der Waals surface area contributed by atoms with Gasteiger partial charge in [0.15, 0.2) is 0 Å². The number of carbonyl (C=O) groups excluding carboxylic acids is 2. The van der Waals surface area contributed by atoms with Gasteiger partial charge in [-0.15, -0.1) is 11.3 Å². The van der Waals surface area contributed by atoms with E-state index in [2.05, 4.69) is 24.5 Å². The van der Waals surface area contributed by atoms with Gasteiger partial charge in [-0.1, -0.05) is 20.3 Å². The third-order valence-electron chi connectivity index (χ3n) is 3.45. The van der Waals surface area contributed by atoms with Crippen LogP contribution in [0.5, 0.6) is 0 Å². The van der Waals surface area contributed by atoms with Crippen molar-refractivity contribution in [2.75, 3.05) is 18.1 Å². The Morgan fingerprint density at radius 3 is 2.43 bits per heavy atom. The third-order valence-corrected chi connectivity index (χ3v) is 4.60. The van der Waals surface area contributed by atoms with Crippen molar-refractivity contribution < 1.29 is 9.59 Å². The predicted octanol–water partition coefficient (Wildman–Crippen LogP) is 2.03. The fraction of sp³-hybridized carbons (Fsp3) is 0.571. The van der Waals surface area contributed by atoms with Crippen LogP contribution in [-0.2, 0) is 0 Å². The van der Waals surface area contributed by atoms with Gasteiger partial charge >= 0.3 is 0 Å². The van der Waals surface area contributed by atoms with Crippen LogP contribution < -0.4 is 22.1 Å². The quantitative estimate of drug-likeness (QED) is 0.617. The first-order chi connectivity index (χ1) is 9.81. The van der Waals surface area contributed by atoms with Crippen molar-refractivity contribution in [1.82, 2.24) is 5.32 Å². The van der Waals surface area contributed by atoms with Crippen molar-refractivity contribution in [3.05, 3.63) is 10.4 Å². The molecular weight excluding hydrogens is 288 g/mol. The van der Waals surface area contributed by atoms with Crippen LogP contribution in [-0.4, -0.2) is 24.9 Å². The molecule has 1 heterocycles. The minimum atomic E-state index is -0.620. The summed E-state index contributed by atoms with van der Waals surface area (Å²) in [5.41, 5.74) is 11.6. The van der Waals surface area contributed by atoms with Gasteiger partial charge in [0.25, 0.3) is 11.8 Å². The Morgan fingerprint density at radius 2 is 1.95 bits per heavy atom. The van der Waals surface area contributed by atoms with Crippen LogP contribution in [0.3, 0.4) is 0 Å². The average molecular weight is 312 g/mol. The van der Waals surface area contributed by atoms with E-state index in [1.54, 1.807) is 0 Å². The van der Waals surface area contributed by atoms with Crippen molar-refractivity contribution in [1.29, 1.82) is 0 Å². The summed E-state index contributed by atoms with van der Waals surface area (Å²) in [7, 11) is 1.52. The van der Waals surface area contributed by atoms with Gasteiger partial charge in [-0.25, -0.2) is 0 Å². The fourth-order valence-electron chi connectivity index (χ4n) is 2.13. The molecule has 118 valence electrons. The molecule has 0 aliphatic carbocycles. The minimum absolute atomic E-state index is 0.144. The molecular formula is C14H24N4O2S. The number of hydrogen-bond donors (Lipinski definition) is 4. The number of anilines is 2. The first kappa shape index (κ1) is 17.3. The monoisotopic (exact) mass is 312 g/mol. The highest BCUT2D eigenvalue weighted by atomic mass is 32.1. The summed E-state index contributed by atoms with van der Waals surface area (Å²) in [6.45, 7) is 6.36. The molecule has 0 radical (unpaired) electrons. The van der Waals surface area contributed by atoms with Crippen molar-refractivity contribution in [2.45, 2.75) is 39.7 Å². The maximum Gasteiger partial charge on any atom is 0.260 e. The highest BCUT2D eigenvalue weighted by Gasteiger charge is 2.24. The highest BCUT2D eigenvalue weighted by molar-refractivity contribution is 7.19. The second-order valence-electron chi connectivity index (χ2n) is 5.29. The number of nitrogen functional groups attached to an aromatic ring is 1. The molecule has 0 aromatic carbocycles. The van der Waals surface area contributed by atoms with Gasteiger partial charge in [-0.3, -0.25) is 9.59 Å². The minimum Gasteiger partial charge on any atom is -0.397 e. The molecule has 0 aliphatic heterocycles. The van der Waals surface area contributed by atoms with E-state index < -0.39 is 5.91 Å². The summed E-state index contributed by atoms with van der Waals surface area (Å²) in [6, 6.07) is 0.169. The molecule has 0 bridgehead atoms. The Morgan fingerprint density at radius 1 is 1.33 bits per heavy atom. The molecule has 0 saturated carbocycles. The molecule has 1 rings (SSSR count). The molecule has 6 N–H and O–H groups in total. The van der Waals surface area contributed by atoms with Gasteiger partial charge in [0, 0.05) is 13.1 Å². The zero-order valence-corrected chi connectivity index (χ0v) is 13.8. The Labute approximate surface area is 129 Å². The van der Waals surface area contributed by atoms with E-state index in [0.717, 1.165) is 24.2 Å².